The highest BCUT2D eigenvalue weighted by molar-refractivity contribution is 5.97. The van der Waals surface area contributed by atoms with Crippen molar-refractivity contribution in [2.75, 3.05) is 39.4 Å². The fraction of sp³-hybridized carbons (Fsp3) is 0.415. The third kappa shape index (κ3) is 20.3. The van der Waals surface area contributed by atoms with Crippen LogP contribution in [0.5, 0.6) is 0 Å². The molecule has 4 aromatic rings. The number of carbonyl (C=O) groups excluding carboxylic acids is 9. The van der Waals surface area contributed by atoms with Gasteiger partial charge in [-0.25, -0.2) is 8.78 Å². The van der Waals surface area contributed by atoms with Crippen molar-refractivity contribution in [1.82, 2.24) is 51.7 Å². The van der Waals surface area contributed by atoms with E-state index in [1.165, 1.54) is 24.2 Å². The molecule has 0 aliphatic carbocycles. The van der Waals surface area contributed by atoms with Gasteiger partial charge in [-0.1, -0.05) is 51.1 Å². The molecule has 0 bridgehead atoms. The van der Waals surface area contributed by atoms with Gasteiger partial charge < -0.3 is 67.7 Å². The van der Waals surface area contributed by atoms with Gasteiger partial charge in [-0.2, -0.15) is 0 Å². The summed E-state index contributed by atoms with van der Waals surface area (Å²) < 4.78 is 31.8. The van der Waals surface area contributed by atoms with Gasteiger partial charge in [-0.05, 0) is 66.3 Å². The van der Waals surface area contributed by atoms with Crippen LogP contribution in [0.15, 0.2) is 85.3 Å². The van der Waals surface area contributed by atoms with Gasteiger partial charge in [0.15, 0.2) is 0 Å². The van der Waals surface area contributed by atoms with Crippen LogP contribution in [0.2, 0.25) is 0 Å². The van der Waals surface area contributed by atoms with Crippen molar-refractivity contribution < 1.29 is 72.0 Å². The van der Waals surface area contributed by atoms with Crippen LogP contribution < -0.4 is 43.0 Å². The zero-order valence-electron chi connectivity index (χ0n) is 44.1. The summed E-state index contributed by atoms with van der Waals surface area (Å²) in [6, 6.07) is 9.27. The van der Waals surface area contributed by atoms with Crippen LogP contribution in [0.1, 0.15) is 76.2 Å². The quantitative estimate of drug-likeness (QED) is 0.0292. The molecule has 0 saturated heterocycles. The van der Waals surface area contributed by atoms with Gasteiger partial charge in [0.1, 0.15) is 42.4 Å². The molecular weight excluding hydrogens is 1040 g/mol. The zero-order valence-corrected chi connectivity index (χ0v) is 44.1. The highest BCUT2D eigenvalue weighted by Gasteiger charge is 2.39. The normalized spacial score (nSPS) is 13.0. The molecule has 2 aromatic heterocycles. The van der Waals surface area contributed by atoms with E-state index in [0.717, 1.165) is 23.8 Å². The topological polar surface area (TPSA) is 363 Å². The highest BCUT2D eigenvalue weighted by atomic mass is 19.1. The molecule has 9 amide bonds. The summed E-state index contributed by atoms with van der Waals surface area (Å²) in [4.78, 5) is 134. The van der Waals surface area contributed by atoms with Crippen molar-refractivity contribution in [2.24, 2.45) is 11.1 Å². The zero-order chi connectivity index (χ0) is 58.4. The SMILES string of the molecule is C[C@H](NC(=O)Cc1ccncc1)C(=O)N[C@H](CO)C(=O)N[C@@H](CC(N)=O)C(=O)N[C@@H](CCN(C(=O)CO)[C@@H](c1cc(-c2cc(F)ccc2F)cn1Cc1ccccc1)C(C)(C)C)C(=O)NCCNC(=O)CNC(=O)CCC(=O)O. The van der Waals surface area contributed by atoms with E-state index < -0.39 is 152 Å². The van der Waals surface area contributed by atoms with E-state index in [-0.39, 0.29) is 43.6 Å². The lowest BCUT2D eigenvalue weighted by molar-refractivity contribution is -0.140. The number of aromatic nitrogens is 2. The molecule has 0 saturated carbocycles. The number of primary amides is 1. The van der Waals surface area contributed by atoms with Gasteiger partial charge in [-0.3, -0.25) is 52.9 Å². The monoisotopic (exact) mass is 1100 g/mol. The summed E-state index contributed by atoms with van der Waals surface area (Å²) in [5, 5.41) is 46.1. The number of carboxylic acids is 1. The minimum absolute atomic E-state index is 0.0852. The van der Waals surface area contributed by atoms with Crippen LogP contribution in [0.25, 0.3) is 11.1 Å². The Hall–Kier alpha value is -8.65. The van der Waals surface area contributed by atoms with E-state index >= 15 is 4.39 Å². The number of carbonyl (C=O) groups is 10. The molecule has 2 heterocycles. The van der Waals surface area contributed by atoms with Crippen LogP contribution in [-0.4, -0.2) is 152 Å². The van der Waals surface area contributed by atoms with Gasteiger partial charge in [0, 0.05) is 68.0 Å². The number of aliphatic hydroxyl groups excluding tert-OH is 2. The predicted molar refractivity (Wildman–Crippen MR) is 279 cm³/mol. The van der Waals surface area contributed by atoms with E-state index in [1.54, 1.807) is 67.9 Å². The first-order valence-corrected chi connectivity index (χ1v) is 25.0. The molecule has 0 fully saturated rings. The van der Waals surface area contributed by atoms with Gasteiger partial charge in [0.05, 0.1) is 38.5 Å². The Morgan fingerprint density at radius 2 is 1.37 bits per heavy atom. The number of nitrogens with two attached hydrogens (primary N) is 1. The summed E-state index contributed by atoms with van der Waals surface area (Å²) in [5.41, 5.74) is 6.50. The van der Waals surface area contributed by atoms with Crippen molar-refractivity contribution in [3.63, 3.8) is 0 Å². The number of aliphatic carboxylic acids is 1. The molecule has 79 heavy (non-hydrogen) atoms. The van der Waals surface area contributed by atoms with Crippen molar-refractivity contribution in [1.29, 1.82) is 0 Å². The first-order chi connectivity index (χ1) is 37.4. The molecule has 12 N–H and O–H groups in total. The van der Waals surface area contributed by atoms with Gasteiger partial charge in [-0.15, -0.1) is 0 Å². The maximum Gasteiger partial charge on any atom is 0.303 e. The van der Waals surface area contributed by atoms with Crippen LogP contribution in [-0.2, 0) is 60.9 Å². The summed E-state index contributed by atoms with van der Waals surface area (Å²) in [6.45, 7) is 3.24. The molecule has 0 aliphatic heterocycles. The van der Waals surface area contributed by atoms with Crippen LogP contribution in [0, 0.1) is 17.0 Å². The lowest BCUT2D eigenvalue weighted by Crippen LogP contribution is -2.59. The minimum atomic E-state index is -1.87. The number of nitrogens with one attached hydrogen (secondary N) is 7. The molecule has 2 aromatic carbocycles. The number of carboxylic acid groups (broad SMARTS) is 1. The van der Waals surface area contributed by atoms with Gasteiger partial charge in [0.25, 0.3) is 0 Å². The molecule has 4 rings (SSSR count). The third-order valence-electron chi connectivity index (χ3n) is 12.0. The lowest BCUT2D eigenvalue weighted by Gasteiger charge is -2.41. The maximum atomic E-state index is 15.4. The van der Waals surface area contributed by atoms with E-state index in [0.29, 0.717) is 11.3 Å². The molecule has 5 atom stereocenters. The number of aliphatic hydroxyl groups is 2. The van der Waals surface area contributed by atoms with Crippen molar-refractivity contribution in [3.05, 3.63) is 114 Å². The first kappa shape index (κ1) is 62.9. The van der Waals surface area contributed by atoms with Crippen LogP contribution in [0.3, 0.4) is 0 Å². The van der Waals surface area contributed by atoms with Crippen molar-refractivity contribution >= 4 is 59.1 Å². The predicted octanol–water partition coefficient (Wildman–Crippen LogP) is -0.542. The average Bonchev–Trinajstić information content (AvgIpc) is 3.87. The number of hydrogen-bond donors (Lipinski definition) is 11. The first-order valence-electron chi connectivity index (χ1n) is 25.0. The van der Waals surface area contributed by atoms with Gasteiger partial charge >= 0.3 is 5.97 Å². The average molecular weight is 1100 g/mol. The Bertz CT molecular complexity index is 2800. The summed E-state index contributed by atoms with van der Waals surface area (Å²) in [6.07, 6.45) is 2.25. The van der Waals surface area contributed by atoms with E-state index in [1.807, 2.05) is 12.1 Å². The standard InChI is InChI=1S/C53H67F2N11O13/c1-31(61-44(71)22-32-14-17-57-18-15-32)49(76)64-40(29-67)52(79)63-39(25-42(56)69)51(78)62-38(50(77)59-20-19-58-45(72)26-60-43(70)12-13-47(74)75)16-21-66(46(73)30-68)48(53(2,3)4)41-23-34(36-24-35(54)10-11-37(36)55)28-65(41)27-33-8-6-5-7-9-33/h5-11,14-15,17-18,23-24,28,31,38-40,48,67-68H,12-13,16,19-22,25-27,29-30H2,1-4H3,(H2,56,69)(H,58,72)(H,59,77)(H,60,70)(H,61,71)(H,62,78)(H,63,79)(H,64,76)(H,74,75)/t31-,38-,39-,40+,48-/m0/s1. The minimum Gasteiger partial charge on any atom is -0.481 e. The van der Waals surface area contributed by atoms with Crippen LogP contribution >= 0.6 is 0 Å². The molecule has 0 radical (unpaired) electrons. The molecule has 0 aliphatic rings. The largest absolute Gasteiger partial charge is 0.481 e. The van der Waals surface area contributed by atoms with E-state index in [4.69, 9.17) is 10.8 Å². The smallest absolute Gasteiger partial charge is 0.303 e. The second-order valence-corrected chi connectivity index (χ2v) is 19.4. The van der Waals surface area contributed by atoms with Crippen molar-refractivity contribution in [2.45, 2.75) is 96.6 Å². The molecule has 26 heteroatoms. The Labute approximate surface area is 453 Å². The molecule has 24 nitrogen and oxygen atoms in total. The third-order valence-corrected chi connectivity index (χ3v) is 12.0. The second kappa shape index (κ2) is 30.3. The summed E-state index contributed by atoms with van der Waals surface area (Å²) in [5.74, 6) is -10.8. The van der Waals surface area contributed by atoms with E-state index in [2.05, 4.69) is 42.2 Å². The molecule has 0 unspecified atom stereocenters. The number of benzene rings is 2. The maximum absolute atomic E-state index is 15.4. The fourth-order valence-corrected chi connectivity index (χ4v) is 8.19. The van der Waals surface area contributed by atoms with Crippen molar-refractivity contribution in [3.8, 4) is 11.1 Å². The molecule has 0 spiro atoms. The number of hydrogen-bond acceptors (Lipinski definition) is 13. The summed E-state index contributed by atoms with van der Waals surface area (Å²) in [7, 11) is 0. The Balaban J connectivity index is 1.64. The Kier molecular flexibility index (Phi) is 24.1. The van der Waals surface area contributed by atoms with Gasteiger partial charge in [0.2, 0.25) is 53.2 Å². The summed E-state index contributed by atoms with van der Waals surface area (Å²) >= 11 is 0. The molecular formula is C53H67F2N11O13. The number of halogens is 2. The Morgan fingerprint density at radius 1 is 0.722 bits per heavy atom. The number of pyridine rings is 1. The fourth-order valence-electron chi connectivity index (χ4n) is 8.19. The van der Waals surface area contributed by atoms with E-state index in [9.17, 15) is 62.5 Å². The highest BCUT2D eigenvalue weighted by Crippen LogP contribution is 2.41. The Morgan fingerprint density at radius 3 is 2.00 bits per heavy atom. The number of amides is 9. The molecule has 426 valence electrons. The van der Waals surface area contributed by atoms with Crippen LogP contribution in [0.4, 0.5) is 8.78 Å². The lowest BCUT2D eigenvalue weighted by atomic mass is 9.82. The number of nitrogens with zero attached hydrogens (tertiary/aromatic N) is 3. The number of rotatable bonds is 30. The second-order valence-electron chi connectivity index (χ2n) is 19.4.